The predicted octanol–water partition coefficient (Wildman–Crippen LogP) is 3.79. The molecule has 0 amide bonds. The minimum atomic E-state index is 0.806. The molecule has 0 aromatic carbocycles. The molecular formula is C15H29NS. The van der Waals surface area contributed by atoms with Gasteiger partial charge in [0.25, 0.3) is 0 Å². The SMILES string of the molecule is CCNC(C1CCSC1)C1CC(C)CC(C)C1. The molecule has 1 N–H and O–H groups in total. The summed E-state index contributed by atoms with van der Waals surface area (Å²) in [4.78, 5) is 0. The molecule has 2 rings (SSSR count). The van der Waals surface area contributed by atoms with E-state index in [1.807, 2.05) is 0 Å². The smallest absolute Gasteiger partial charge is 0.0132 e. The summed E-state index contributed by atoms with van der Waals surface area (Å²) in [5.74, 6) is 6.57. The van der Waals surface area contributed by atoms with Crippen LogP contribution in [0, 0.1) is 23.7 Å². The van der Waals surface area contributed by atoms with Crippen molar-refractivity contribution in [1.82, 2.24) is 5.32 Å². The summed E-state index contributed by atoms with van der Waals surface area (Å²) < 4.78 is 0. The number of hydrogen-bond acceptors (Lipinski definition) is 2. The number of hydrogen-bond donors (Lipinski definition) is 1. The molecule has 4 unspecified atom stereocenters. The Labute approximate surface area is 112 Å². The van der Waals surface area contributed by atoms with Crippen LogP contribution in [0.1, 0.15) is 46.5 Å². The van der Waals surface area contributed by atoms with Crippen molar-refractivity contribution < 1.29 is 0 Å². The largest absolute Gasteiger partial charge is 0.314 e. The highest BCUT2D eigenvalue weighted by Gasteiger charge is 2.35. The van der Waals surface area contributed by atoms with E-state index < -0.39 is 0 Å². The third-order valence-electron chi connectivity index (χ3n) is 4.64. The third kappa shape index (κ3) is 3.64. The molecule has 1 aliphatic carbocycles. The van der Waals surface area contributed by atoms with Crippen LogP contribution in [-0.4, -0.2) is 24.1 Å². The summed E-state index contributed by atoms with van der Waals surface area (Å²) in [5, 5.41) is 3.82. The lowest BCUT2D eigenvalue weighted by atomic mass is 9.71. The van der Waals surface area contributed by atoms with E-state index in [4.69, 9.17) is 0 Å². The first-order valence-electron chi connectivity index (χ1n) is 7.51. The van der Waals surface area contributed by atoms with E-state index in [9.17, 15) is 0 Å². The second-order valence-corrected chi connectivity index (χ2v) is 7.53. The normalized spacial score (nSPS) is 40.4. The van der Waals surface area contributed by atoms with E-state index in [0.717, 1.165) is 36.3 Å². The highest BCUT2D eigenvalue weighted by molar-refractivity contribution is 7.99. The van der Waals surface area contributed by atoms with E-state index in [1.165, 1.54) is 37.2 Å². The van der Waals surface area contributed by atoms with Gasteiger partial charge in [-0.05, 0) is 67.4 Å². The Bertz CT molecular complexity index is 215. The Morgan fingerprint density at radius 3 is 2.35 bits per heavy atom. The van der Waals surface area contributed by atoms with Gasteiger partial charge in [0.15, 0.2) is 0 Å². The summed E-state index contributed by atoms with van der Waals surface area (Å²) in [6, 6.07) is 0.806. The average molecular weight is 255 g/mol. The van der Waals surface area contributed by atoms with Gasteiger partial charge in [0.1, 0.15) is 0 Å². The van der Waals surface area contributed by atoms with Crippen molar-refractivity contribution in [2.75, 3.05) is 18.1 Å². The molecule has 0 aromatic rings. The summed E-state index contributed by atoms with van der Waals surface area (Å²) in [5.41, 5.74) is 0. The number of thioether (sulfide) groups is 1. The molecule has 2 aliphatic rings. The van der Waals surface area contributed by atoms with E-state index in [2.05, 4.69) is 37.8 Å². The van der Waals surface area contributed by atoms with Crippen molar-refractivity contribution >= 4 is 11.8 Å². The molecule has 1 saturated heterocycles. The number of nitrogens with one attached hydrogen (secondary N) is 1. The molecule has 1 nitrogen and oxygen atoms in total. The Morgan fingerprint density at radius 2 is 1.82 bits per heavy atom. The summed E-state index contributed by atoms with van der Waals surface area (Å²) in [6.45, 7) is 8.32. The summed E-state index contributed by atoms with van der Waals surface area (Å²) >= 11 is 2.16. The fourth-order valence-electron chi connectivity index (χ4n) is 4.09. The van der Waals surface area contributed by atoms with Crippen molar-refractivity contribution in [2.45, 2.75) is 52.5 Å². The standard InChI is InChI=1S/C15H29NS/c1-4-16-15(13-5-6-17-10-13)14-8-11(2)7-12(3)9-14/h11-16H,4-10H2,1-3H3. The Balaban J connectivity index is 1.98. The molecule has 0 bridgehead atoms. The van der Waals surface area contributed by atoms with Crippen molar-refractivity contribution in [2.24, 2.45) is 23.7 Å². The first-order valence-corrected chi connectivity index (χ1v) is 8.67. The van der Waals surface area contributed by atoms with E-state index in [1.54, 1.807) is 0 Å². The van der Waals surface area contributed by atoms with Gasteiger partial charge in [-0.3, -0.25) is 0 Å². The van der Waals surface area contributed by atoms with Crippen LogP contribution < -0.4 is 5.32 Å². The van der Waals surface area contributed by atoms with Crippen LogP contribution in [0.15, 0.2) is 0 Å². The molecule has 1 heterocycles. The highest BCUT2D eigenvalue weighted by Crippen LogP contribution is 2.39. The summed E-state index contributed by atoms with van der Waals surface area (Å²) in [7, 11) is 0. The minimum absolute atomic E-state index is 0.806. The van der Waals surface area contributed by atoms with Crippen molar-refractivity contribution in [3.05, 3.63) is 0 Å². The lowest BCUT2D eigenvalue weighted by molar-refractivity contribution is 0.150. The van der Waals surface area contributed by atoms with Gasteiger partial charge in [0.05, 0.1) is 0 Å². The third-order valence-corrected chi connectivity index (χ3v) is 5.82. The van der Waals surface area contributed by atoms with Gasteiger partial charge in [-0.25, -0.2) is 0 Å². The van der Waals surface area contributed by atoms with Crippen LogP contribution in [0.3, 0.4) is 0 Å². The first kappa shape index (κ1) is 13.7. The van der Waals surface area contributed by atoms with Gasteiger partial charge in [-0.1, -0.05) is 20.8 Å². The molecule has 2 fully saturated rings. The van der Waals surface area contributed by atoms with E-state index in [-0.39, 0.29) is 0 Å². The van der Waals surface area contributed by atoms with E-state index in [0.29, 0.717) is 0 Å². The van der Waals surface area contributed by atoms with Crippen LogP contribution in [0.2, 0.25) is 0 Å². The Hall–Kier alpha value is 0.310. The average Bonchev–Trinajstić information content (AvgIpc) is 2.77. The molecule has 0 radical (unpaired) electrons. The molecule has 2 heteroatoms. The Kier molecular flexibility index (Phi) is 5.23. The molecule has 0 aromatic heterocycles. The summed E-state index contributed by atoms with van der Waals surface area (Å²) in [6.07, 6.45) is 5.82. The monoisotopic (exact) mass is 255 g/mol. The van der Waals surface area contributed by atoms with Gasteiger partial charge in [0, 0.05) is 6.04 Å². The van der Waals surface area contributed by atoms with E-state index >= 15 is 0 Å². The number of rotatable bonds is 4. The van der Waals surface area contributed by atoms with Gasteiger partial charge >= 0.3 is 0 Å². The zero-order valence-corrected chi connectivity index (χ0v) is 12.6. The highest BCUT2D eigenvalue weighted by atomic mass is 32.2. The molecule has 17 heavy (non-hydrogen) atoms. The molecule has 1 saturated carbocycles. The second-order valence-electron chi connectivity index (χ2n) is 6.38. The first-order chi connectivity index (χ1) is 8.20. The molecule has 0 spiro atoms. The van der Waals surface area contributed by atoms with Gasteiger partial charge < -0.3 is 5.32 Å². The topological polar surface area (TPSA) is 12.0 Å². The molecular weight excluding hydrogens is 226 g/mol. The van der Waals surface area contributed by atoms with Gasteiger partial charge in [-0.2, -0.15) is 11.8 Å². The predicted molar refractivity (Wildman–Crippen MR) is 78.6 cm³/mol. The van der Waals surface area contributed by atoms with Gasteiger partial charge in [-0.15, -0.1) is 0 Å². The van der Waals surface area contributed by atoms with Crippen molar-refractivity contribution in [3.63, 3.8) is 0 Å². The zero-order valence-electron chi connectivity index (χ0n) is 11.7. The molecule has 4 atom stereocenters. The maximum Gasteiger partial charge on any atom is 0.0132 e. The van der Waals surface area contributed by atoms with Crippen molar-refractivity contribution in [3.8, 4) is 0 Å². The van der Waals surface area contributed by atoms with Gasteiger partial charge in [0.2, 0.25) is 0 Å². The Morgan fingerprint density at radius 1 is 1.12 bits per heavy atom. The fraction of sp³-hybridized carbons (Fsp3) is 1.00. The van der Waals surface area contributed by atoms with Crippen LogP contribution >= 0.6 is 11.8 Å². The maximum absolute atomic E-state index is 3.82. The fourth-order valence-corrected chi connectivity index (χ4v) is 5.41. The lowest BCUT2D eigenvalue weighted by Crippen LogP contribution is -2.45. The van der Waals surface area contributed by atoms with Crippen molar-refractivity contribution in [1.29, 1.82) is 0 Å². The van der Waals surface area contributed by atoms with Crippen LogP contribution in [0.25, 0.3) is 0 Å². The molecule has 1 aliphatic heterocycles. The van der Waals surface area contributed by atoms with Crippen LogP contribution in [0.5, 0.6) is 0 Å². The second kappa shape index (κ2) is 6.47. The zero-order chi connectivity index (χ0) is 12.3. The van der Waals surface area contributed by atoms with Crippen LogP contribution in [0.4, 0.5) is 0 Å². The quantitative estimate of drug-likeness (QED) is 0.820. The lowest BCUT2D eigenvalue weighted by Gasteiger charge is -2.39. The minimum Gasteiger partial charge on any atom is -0.314 e. The maximum atomic E-state index is 3.82. The molecule has 100 valence electrons. The van der Waals surface area contributed by atoms with Crippen LogP contribution in [-0.2, 0) is 0 Å².